The summed E-state index contributed by atoms with van der Waals surface area (Å²) in [6.07, 6.45) is 6.94. The Kier molecular flexibility index (Phi) is 5.98. The van der Waals surface area contributed by atoms with Crippen LogP contribution in [0.15, 0.2) is 67.0 Å². The van der Waals surface area contributed by atoms with Crippen LogP contribution in [0.25, 0.3) is 17.3 Å². The number of amides is 1. The summed E-state index contributed by atoms with van der Waals surface area (Å²) in [7, 11) is 1.63. The van der Waals surface area contributed by atoms with Crippen molar-refractivity contribution in [2.24, 2.45) is 0 Å². The van der Waals surface area contributed by atoms with Crippen LogP contribution in [0.4, 0.5) is 5.82 Å². The molecule has 3 heterocycles. The zero-order valence-electron chi connectivity index (χ0n) is 16.8. The first kappa shape index (κ1) is 19.6. The van der Waals surface area contributed by atoms with Crippen molar-refractivity contribution < 1.29 is 9.53 Å². The van der Waals surface area contributed by atoms with Crippen LogP contribution in [0.5, 0.6) is 5.75 Å². The van der Waals surface area contributed by atoms with E-state index in [-0.39, 0.29) is 5.91 Å². The van der Waals surface area contributed by atoms with Gasteiger partial charge in [-0.2, -0.15) is 0 Å². The van der Waals surface area contributed by atoms with Crippen molar-refractivity contribution >= 4 is 17.8 Å². The molecule has 1 aromatic carbocycles. The molecule has 7 nitrogen and oxygen atoms in total. The first-order chi connectivity index (χ1) is 14.7. The molecule has 0 saturated carbocycles. The number of carbonyl (C=O) groups is 1. The smallest absolute Gasteiger partial charge is 0.246 e. The van der Waals surface area contributed by atoms with Gasteiger partial charge in [0, 0.05) is 50.2 Å². The third-order valence-electron chi connectivity index (χ3n) is 5.08. The van der Waals surface area contributed by atoms with Gasteiger partial charge in [0.2, 0.25) is 5.91 Å². The molecule has 7 heteroatoms. The molecule has 0 bridgehead atoms. The summed E-state index contributed by atoms with van der Waals surface area (Å²) in [6, 6.07) is 15.4. The molecule has 3 aromatic rings. The second-order valence-electron chi connectivity index (χ2n) is 6.93. The van der Waals surface area contributed by atoms with Crippen LogP contribution in [0.3, 0.4) is 0 Å². The van der Waals surface area contributed by atoms with Crippen molar-refractivity contribution in [3.05, 3.63) is 72.6 Å². The number of ether oxygens (including phenoxy) is 1. The number of nitrogens with zero attached hydrogens (tertiary/aromatic N) is 5. The quantitative estimate of drug-likeness (QED) is 0.612. The summed E-state index contributed by atoms with van der Waals surface area (Å²) >= 11 is 0. The van der Waals surface area contributed by atoms with E-state index in [9.17, 15) is 4.79 Å². The lowest BCUT2D eigenvalue weighted by Crippen LogP contribution is -2.48. The van der Waals surface area contributed by atoms with Crippen LogP contribution in [0, 0.1) is 0 Å². The van der Waals surface area contributed by atoms with Gasteiger partial charge in [0.05, 0.1) is 12.8 Å². The first-order valence-electron chi connectivity index (χ1n) is 9.83. The van der Waals surface area contributed by atoms with Crippen LogP contribution in [0.2, 0.25) is 0 Å². The molecule has 1 fully saturated rings. The maximum absolute atomic E-state index is 12.5. The molecule has 1 aliphatic rings. The number of methoxy groups -OCH3 is 1. The fraction of sp³-hybridized carbons (Fsp3) is 0.217. The Bertz CT molecular complexity index is 996. The maximum Gasteiger partial charge on any atom is 0.246 e. The standard InChI is InChI=1S/C23H23N5O2/c1-30-20-5-2-18(3-6-20)4-9-23(29)28-16-14-27(15-17-28)22-8-7-21(25-26-22)19-10-12-24-13-11-19/h2-13H,14-17H2,1H3/b9-4+. The van der Waals surface area contributed by atoms with E-state index in [1.165, 1.54) is 0 Å². The van der Waals surface area contributed by atoms with E-state index in [1.54, 1.807) is 25.6 Å². The van der Waals surface area contributed by atoms with Gasteiger partial charge in [-0.05, 0) is 48.0 Å². The highest BCUT2D eigenvalue weighted by atomic mass is 16.5. The van der Waals surface area contributed by atoms with Gasteiger partial charge in [-0.3, -0.25) is 9.78 Å². The molecule has 30 heavy (non-hydrogen) atoms. The molecule has 152 valence electrons. The topological polar surface area (TPSA) is 71.5 Å². The third kappa shape index (κ3) is 4.63. The average molecular weight is 401 g/mol. The summed E-state index contributed by atoms with van der Waals surface area (Å²) in [5, 5.41) is 8.70. The van der Waals surface area contributed by atoms with Crippen LogP contribution in [-0.2, 0) is 4.79 Å². The number of pyridine rings is 1. The monoisotopic (exact) mass is 401 g/mol. The number of benzene rings is 1. The lowest BCUT2D eigenvalue weighted by molar-refractivity contribution is -0.126. The molecule has 1 amide bonds. The number of hydrogen-bond acceptors (Lipinski definition) is 6. The molecule has 2 aromatic heterocycles. The van der Waals surface area contributed by atoms with E-state index in [2.05, 4.69) is 20.1 Å². The summed E-state index contributed by atoms with van der Waals surface area (Å²) in [6.45, 7) is 2.76. The van der Waals surface area contributed by atoms with Gasteiger partial charge in [-0.25, -0.2) is 0 Å². The van der Waals surface area contributed by atoms with E-state index < -0.39 is 0 Å². The minimum Gasteiger partial charge on any atom is -0.497 e. The predicted molar refractivity (Wildman–Crippen MR) is 116 cm³/mol. The lowest BCUT2D eigenvalue weighted by Gasteiger charge is -2.34. The third-order valence-corrected chi connectivity index (χ3v) is 5.08. The Morgan fingerprint density at radius 2 is 1.67 bits per heavy atom. The molecule has 0 aliphatic carbocycles. The number of anilines is 1. The van der Waals surface area contributed by atoms with Crippen molar-refractivity contribution in [3.8, 4) is 17.0 Å². The van der Waals surface area contributed by atoms with Crippen molar-refractivity contribution in [2.75, 3.05) is 38.2 Å². The van der Waals surface area contributed by atoms with E-state index in [0.29, 0.717) is 13.1 Å². The molecule has 4 rings (SSSR count). The summed E-state index contributed by atoms with van der Waals surface area (Å²) < 4.78 is 5.15. The van der Waals surface area contributed by atoms with Crippen molar-refractivity contribution in [3.63, 3.8) is 0 Å². The summed E-state index contributed by atoms with van der Waals surface area (Å²) in [5.74, 6) is 1.64. The molecule has 0 spiro atoms. The Hall–Kier alpha value is -3.74. The molecule has 1 saturated heterocycles. The predicted octanol–water partition coefficient (Wildman–Crippen LogP) is 2.91. The van der Waals surface area contributed by atoms with E-state index in [4.69, 9.17) is 4.74 Å². The van der Waals surface area contributed by atoms with Crippen LogP contribution >= 0.6 is 0 Å². The number of rotatable bonds is 5. The fourth-order valence-corrected chi connectivity index (χ4v) is 3.31. The van der Waals surface area contributed by atoms with Gasteiger partial charge >= 0.3 is 0 Å². The normalized spacial score (nSPS) is 14.2. The molecular weight excluding hydrogens is 378 g/mol. The van der Waals surface area contributed by atoms with Crippen molar-refractivity contribution in [2.45, 2.75) is 0 Å². The second-order valence-corrected chi connectivity index (χ2v) is 6.93. The minimum atomic E-state index is 0.0181. The number of hydrogen-bond donors (Lipinski definition) is 0. The lowest BCUT2D eigenvalue weighted by atomic mass is 10.2. The molecule has 0 unspecified atom stereocenters. The molecule has 0 radical (unpaired) electrons. The second kappa shape index (κ2) is 9.17. The SMILES string of the molecule is COc1ccc(/C=C/C(=O)N2CCN(c3ccc(-c4ccncc4)nn3)CC2)cc1. The molecule has 0 N–H and O–H groups in total. The highest BCUT2D eigenvalue weighted by Crippen LogP contribution is 2.19. The highest BCUT2D eigenvalue weighted by Gasteiger charge is 2.20. The van der Waals surface area contributed by atoms with Crippen LogP contribution in [-0.4, -0.2) is 59.3 Å². The Balaban J connectivity index is 1.32. The van der Waals surface area contributed by atoms with Crippen LogP contribution in [0.1, 0.15) is 5.56 Å². The van der Waals surface area contributed by atoms with Crippen LogP contribution < -0.4 is 9.64 Å². The van der Waals surface area contributed by atoms with Gasteiger partial charge in [-0.1, -0.05) is 12.1 Å². The Morgan fingerprint density at radius 1 is 0.933 bits per heavy atom. The minimum absolute atomic E-state index is 0.0181. The molecule has 1 aliphatic heterocycles. The van der Waals surface area contributed by atoms with E-state index in [1.807, 2.05) is 59.5 Å². The number of aromatic nitrogens is 3. The average Bonchev–Trinajstić information content (AvgIpc) is 2.83. The zero-order valence-corrected chi connectivity index (χ0v) is 16.8. The Labute approximate surface area is 175 Å². The van der Waals surface area contributed by atoms with Gasteiger partial charge in [-0.15, -0.1) is 10.2 Å². The van der Waals surface area contributed by atoms with E-state index in [0.717, 1.165) is 41.5 Å². The first-order valence-corrected chi connectivity index (χ1v) is 9.83. The van der Waals surface area contributed by atoms with Gasteiger partial charge in [0.25, 0.3) is 0 Å². The van der Waals surface area contributed by atoms with Crippen molar-refractivity contribution in [1.29, 1.82) is 0 Å². The van der Waals surface area contributed by atoms with Crippen molar-refractivity contribution in [1.82, 2.24) is 20.1 Å². The largest absolute Gasteiger partial charge is 0.497 e. The fourth-order valence-electron chi connectivity index (χ4n) is 3.31. The molecule has 0 atom stereocenters. The molecular formula is C23H23N5O2. The highest BCUT2D eigenvalue weighted by molar-refractivity contribution is 5.92. The summed E-state index contributed by atoms with van der Waals surface area (Å²) in [4.78, 5) is 20.5. The number of carbonyl (C=O) groups excluding carboxylic acids is 1. The number of piperazine rings is 1. The van der Waals surface area contributed by atoms with E-state index >= 15 is 0 Å². The van der Waals surface area contributed by atoms with Gasteiger partial charge in [0.15, 0.2) is 5.82 Å². The zero-order chi connectivity index (χ0) is 20.8. The summed E-state index contributed by atoms with van der Waals surface area (Å²) in [5.41, 5.74) is 2.77. The maximum atomic E-state index is 12.5. The van der Waals surface area contributed by atoms with Gasteiger partial charge < -0.3 is 14.5 Å². The van der Waals surface area contributed by atoms with Gasteiger partial charge in [0.1, 0.15) is 5.75 Å². The Morgan fingerprint density at radius 3 is 2.30 bits per heavy atom.